The summed E-state index contributed by atoms with van der Waals surface area (Å²) < 4.78 is 0. The Kier molecular flexibility index (Phi) is 4.92. The molecule has 3 aliphatic carbocycles. The summed E-state index contributed by atoms with van der Waals surface area (Å²) in [5.74, 6) is 2.67. The van der Waals surface area contributed by atoms with Crippen LogP contribution in [0, 0.1) is 23.2 Å². The smallest absolute Gasteiger partial charge is 0.225 e. The first-order chi connectivity index (χ1) is 14.6. The highest BCUT2D eigenvalue weighted by molar-refractivity contribution is 5.90. The molecule has 0 aliphatic heterocycles. The molecule has 1 aromatic carbocycles. The Morgan fingerprint density at radius 2 is 2.07 bits per heavy atom. The van der Waals surface area contributed by atoms with Crippen molar-refractivity contribution in [1.29, 1.82) is 0 Å². The zero-order valence-corrected chi connectivity index (χ0v) is 17.5. The van der Waals surface area contributed by atoms with E-state index in [1.54, 1.807) is 18.3 Å². The van der Waals surface area contributed by atoms with E-state index in [0.29, 0.717) is 48.1 Å². The number of benzene rings is 1. The molecule has 30 heavy (non-hydrogen) atoms. The van der Waals surface area contributed by atoms with Crippen LogP contribution in [0.3, 0.4) is 0 Å². The molecule has 0 spiro atoms. The number of aromatic nitrogens is 2. The number of nitrogens with zero attached hydrogens (tertiary/aromatic N) is 2. The minimum atomic E-state index is -0.209. The average molecular weight is 404 g/mol. The highest BCUT2D eigenvalue weighted by atomic mass is 16.1. The van der Waals surface area contributed by atoms with E-state index in [9.17, 15) is 9.59 Å². The molecule has 3 unspecified atom stereocenters. The number of carbonyl (C=O) groups excluding carboxylic acids is 2. The SMILES string of the molecule is C[C@]12CCC3c4ccccc4CCC3C1[C@H](CCC(=O)Nc1cccnn1)CC2=O. The molecule has 0 saturated heterocycles. The predicted octanol–water partition coefficient (Wildman–Crippen LogP) is 4.55. The first-order valence-electron chi connectivity index (χ1n) is 11.2. The van der Waals surface area contributed by atoms with E-state index in [0.717, 1.165) is 32.1 Å². The van der Waals surface area contributed by atoms with Gasteiger partial charge in [0.05, 0.1) is 0 Å². The number of Topliss-reactive ketones (excluding diaryl/α,β-unsaturated/α-hetero) is 1. The van der Waals surface area contributed by atoms with Crippen LogP contribution in [0.5, 0.6) is 0 Å². The summed E-state index contributed by atoms with van der Waals surface area (Å²) in [6.45, 7) is 2.20. The topological polar surface area (TPSA) is 72.0 Å². The van der Waals surface area contributed by atoms with Crippen molar-refractivity contribution in [2.75, 3.05) is 5.32 Å². The van der Waals surface area contributed by atoms with Gasteiger partial charge >= 0.3 is 0 Å². The van der Waals surface area contributed by atoms with Gasteiger partial charge in [-0.3, -0.25) is 9.59 Å². The second-order valence-corrected chi connectivity index (χ2v) is 9.57. The van der Waals surface area contributed by atoms with E-state index in [1.807, 2.05) is 0 Å². The fourth-order valence-electron chi connectivity index (χ4n) is 6.74. The van der Waals surface area contributed by atoms with Gasteiger partial charge in [0.15, 0.2) is 5.82 Å². The van der Waals surface area contributed by atoms with Gasteiger partial charge in [0.2, 0.25) is 5.91 Å². The van der Waals surface area contributed by atoms with Gasteiger partial charge < -0.3 is 5.32 Å². The second-order valence-electron chi connectivity index (χ2n) is 9.57. The lowest BCUT2D eigenvalue weighted by atomic mass is 9.54. The van der Waals surface area contributed by atoms with E-state index in [4.69, 9.17) is 0 Å². The molecule has 1 heterocycles. The number of hydrogen-bond acceptors (Lipinski definition) is 4. The highest BCUT2D eigenvalue weighted by Gasteiger charge is 2.58. The van der Waals surface area contributed by atoms with E-state index in [2.05, 4.69) is 46.7 Å². The minimum absolute atomic E-state index is 0.0436. The summed E-state index contributed by atoms with van der Waals surface area (Å²) in [7, 11) is 0. The lowest BCUT2D eigenvalue weighted by Gasteiger charge is -2.50. The van der Waals surface area contributed by atoms with Gasteiger partial charge in [-0.2, -0.15) is 5.10 Å². The number of amides is 1. The fraction of sp³-hybridized carbons (Fsp3) is 0.520. The Bertz CT molecular complexity index is 960. The van der Waals surface area contributed by atoms with Gasteiger partial charge in [0, 0.05) is 24.5 Å². The number of rotatable bonds is 4. The molecule has 2 saturated carbocycles. The number of nitrogens with one attached hydrogen (secondary N) is 1. The lowest BCUT2D eigenvalue weighted by Crippen LogP contribution is -2.44. The number of hydrogen-bond donors (Lipinski definition) is 1. The third kappa shape index (κ3) is 3.24. The quantitative estimate of drug-likeness (QED) is 0.813. The maximum atomic E-state index is 13.1. The lowest BCUT2D eigenvalue weighted by molar-refractivity contribution is -0.129. The molecular weight excluding hydrogens is 374 g/mol. The van der Waals surface area contributed by atoms with Crippen LogP contribution < -0.4 is 5.32 Å². The molecule has 1 aromatic heterocycles. The van der Waals surface area contributed by atoms with Crippen LogP contribution in [0.2, 0.25) is 0 Å². The molecule has 0 bridgehead atoms. The summed E-state index contributed by atoms with van der Waals surface area (Å²) in [4.78, 5) is 25.6. The van der Waals surface area contributed by atoms with Crippen LogP contribution in [-0.2, 0) is 16.0 Å². The van der Waals surface area contributed by atoms with Gasteiger partial charge in [-0.15, -0.1) is 5.10 Å². The average Bonchev–Trinajstić information content (AvgIpc) is 3.03. The Morgan fingerprint density at radius 1 is 1.20 bits per heavy atom. The largest absolute Gasteiger partial charge is 0.309 e. The molecule has 2 aromatic rings. The summed E-state index contributed by atoms with van der Waals surface area (Å²) in [5, 5.41) is 10.6. The van der Waals surface area contributed by atoms with E-state index < -0.39 is 0 Å². The van der Waals surface area contributed by atoms with Gasteiger partial charge in [0.1, 0.15) is 5.78 Å². The molecule has 5 heteroatoms. The molecule has 2 fully saturated rings. The highest BCUT2D eigenvalue weighted by Crippen LogP contribution is 2.62. The first-order valence-corrected chi connectivity index (χ1v) is 11.2. The zero-order chi connectivity index (χ0) is 20.7. The molecular formula is C25H29N3O2. The van der Waals surface area contributed by atoms with Crippen molar-refractivity contribution >= 4 is 17.5 Å². The Labute approximate surface area is 177 Å². The van der Waals surface area contributed by atoms with Crippen LogP contribution in [0.4, 0.5) is 5.82 Å². The van der Waals surface area contributed by atoms with Crippen LogP contribution in [-0.4, -0.2) is 21.9 Å². The van der Waals surface area contributed by atoms with Crippen molar-refractivity contribution < 1.29 is 9.59 Å². The van der Waals surface area contributed by atoms with Crippen molar-refractivity contribution in [3.8, 4) is 0 Å². The zero-order valence-electron chi connectivity index (χ0n) is 17.5. The van der Waals surface area contributed by atoms with Gasteiger partial charge in [-0.05, 0) is 79.0 Å². The van der Waals surface area contributed by atoms with E-state index >= 15 is 0 Å². The van der Waals surface area contributed by atoms with E-state index in [-0.39, 0.29) is 11.3 Å². The van der Waals surface area contributed by atoms with Crippen molar-refractivity contribution in [2.45, 2.75) is 57.8 Å². The van der Waals surface area contributed by atoms with Crippen LogP contribution >= 0.6 is 0 Å². The van der Waals surface area contributed by atoms with Gasteiger partial charge in [-0.25, -0.2) is 0 Å². The van der Waals surface area contributed by atoms with Crippen molar-refractivity contribution in [3.05, 3.63) is 53.7 Å². The van der Waals surface area contributed by atoms with Crippen molar-refractivity contribution in [1.82, 2.24) is 10.2 Å². The third-order valence-corrected chi connectivity index (χ3v) is 8.06. The third-order valence-electron chi connectivity index (χ3n) is 8.06. The fourth-order valence-corrected chi connectivity index (χ4v) is 6.74. The molecule has 3 aliphatic rings. The Hall–Kier alpha value is -2.56. The molecule has 1 N–H and O–H groups in total. The molecule has 5 rings (SSSR count). The number of fused-ring (bicyclic) bond motifs is 5. The summed E-state index contributed by atoms with van der Waals surface area (Å²) >= 11 is 0. The minimum Gasteiger partial charge on any atom is -0.309 e. The molecule has 5 atom stereocenters. The molecule has 5 nitrogen and oxygen atoms in total. The van der Waals surface area contributed by atoms with E-state index in [1.165, 1.54) is 11.1 Å². The predicted molar refractivity (Wildman–Crippen MR) is 115 cm³/mol. The van der Waals surface area contributed by atoms with Crippen LogP contribution in [0.1, 0.15) is 62.5 Å². The Morgan fingerprint density at radius 3 is 2.90 bits per heavy atom. The van der Waals surface area contributed by atoms with Gasteiger partial charge in [0.25, 0.3) is 0 Å². The Balaban J connectivity index is 1.33. The van der Waals surface area contributed by atoms with Gasteiger partial charge in [-0.1, -0.05) is 31.2 Å². The summed E-state index contributed by atoms with van der Waals surface area (Å²) in [6.07, 6.45) is 7.77. The maximum Gasteiger partial charge on any atom is 0.225 e. The number of anilines is 1. The van der Waals surface area contributed by atoms with Crippen molar-refractivity contribution in [2.24, 2.45) is 23.2 Å². The molecule has 156 valence electrons. The number of aryl methyl sites for hydroxylation is 1. The number of ketones is 1. The first kappa shape index (κ1) is 19.4. The van der Waals surface area contributed by atoms with Crippen LogP contribution in [0.15, 0.2) is 42.6 Å². The van der Waals surface area contributed by atoms with Crippen molar-refractivity contribution in [3.63, 3.8) is 0 Å². The number of carbonyl (C=O) groups is 2. The second kappa shape index (κ2) is 7.60. The summed E-state index contributed by atoms with van der Waals surface area (Å²) in [6, 6.07) is 12.4. The maximum absolute atomic E-state index is 13.1. The standard InChI is InChI=1S/C25H29N3O2/c1-25-13-12-19-18-6-3-2-5-16(18)8-10-20(19)24(25)17(15-21(25)29)9-11-23(30)27-22-7-4-14-26-28-22/h2-7,14,17,19-20,24H,8-13,15H2,1H3,(H,27,28,30)/t17-,19?,20?,24?,25-/m1/s1. The molecule has 1 amide bonds. The summed E-state index contributed by atoms with van der Waals surface area (Å²) in [5.41, 5.74) is 2.79. The molecule has 0 radical (unpaired) electrons. The monoisotopic (exact) mass is 403 g/mol. The van der Waals surface area contributed by atoms with Crippen LogP contribution in [0.25, 0.3) is 0 Å². The normalized spacial score (nSPS) is 32.1.